The zero-order valence-electron chi connectivity index (χ0n) is 14.8. The molecule has 3 amide bonds. The molecule has 1 unspecified atom stereocenters. The minimum Gasteiger partial charge on any atom is -0.352 e. The smallest absolute Gasteiger partial charge is 0.313 e. The molecule has 0 radical (unpaired) electrons. The molecule has 0 spiro atoms. The fourth-order valence-electron chi connectivity index (χ4n) is 2.10. The third-order valence-corrected chi connectivity index (χ3v) is 3.50. The summed E-state index contributed by atoms with van der Waals surface area (Å²) in [5, 5.41) is 7.91. The summed E-state index contributed by atoms with van der Waals surface area (Å²) in [7, 11) is 0. The quantitative estimate of drug-likeness (QED) is 0.669. The first kappa shape index (κ1) is 19.7. The van der Waals surface area contributed by atoms with Gasteiger partial charge >= 0.3 is 11.8 Å². The van der Waals surface area contributed by atoms with Crippen molar-refractivity contribution in [2.45, 2.75) is 46.6 Å². The topological polar surface area (TPSA) is 87.3 Å². The molecule has 0 heterocycles. The zero-order chi connectivity index (χ0) is 18.1. The van der Waals surface area contributed by atoms with Crippen LogP contribution in [-0.4, -0.2) is 30.3 Å². The number of hydrogen-bond acceptors (Lipinski definition) is 3. The Labute approximate surface area is 143 Å². The molecule has 1 rings (SSSR count). The number of nitrogens with one attached hydrogen (secondary N) is 3. The largest absolute Gasteiger partial charge is 0.352 e. The minimum absolute atomic E-state index is 0.0502. The predicted molar refractivity (Wildman–Crippen MR) is 94.8 cm³/mol. The van der Waals surface area contributed by atoms with Crippen LogP contribution in [0.3, 0.4) is 0 Å². The van der Waals surface area contributed by atoms with E-state index in [9.17, 15) is 14.4 Å². The molecule has 6 nitrogen and oxygen atoms in total. The molecule has 0 aromatic heterocycles. The van der Waals surface area contributed by atoms with Crippen molar-refractivity contribution >= 4 is 23.4 Å². The summed E-state index contributed by atoms with van der Waals surface area (Å²) in [5.74, 6) is -0.982. The fourth-order valence-corrected chi connectivity index (χ4v) is 2.10. The number of hydrogen-bond donors (Lipinski definition) is 3. The molecule has 1 aromatic rings. The van der Waals surface area contributed by atoms with Crippen LogP contribution in [0.25, 0.3) is 0 Å². The van der Waals surface area contributed by atoms with Gasteiger partial charge in [-0.05, 0) is 56.9 Å². The summed E-state index contributed by atoms with van der Waals surface area (Å²) in [6, 6.07) is 6.34. The van der Waals surface area contributed by atoms with E-state index in [0.717, 1.165) is 12.8 Å². The van der Waals surface area contributed by atoms with Crippen LogP contribution in [0.2, 0.25) is 0 Å². The number of rotatable bonds is 7. The normalized spacial score (nSPS) is 11.7. The molecule has 0 aliphatic carbocycles. The van der Waals surface area contributed by atoms with Gasteiger partial charge in [-0.15, -0.1) is 0 Å². The summed E-state index contributed by atoms with van der Waals surface area (Å²) in [6.45, 7) is 8.51. The van der Waals surface area contributed by atoms with Crippen molar-refractivity contribution in [1.29, 1.82) is 0 Å². The first-order chi connectivity index (χ1) is 11.3. The molecule has 1 aromatic carbocycles. The van der Waals surface area contributed by atoms with Gasteiger partial charge in [-0.3, -0.25) is 14.4 Å². The molecule has 0 aliphatic heterocycles. The van der Waals surface area contributed by atoms with E-state index in [0.29, 0.717) is 23.7 Å². The Morgan fingerprint density at radius 1 is 0.958 bits per heavy atom. The Morgan fingerprint density at radius 2 is 1.58 bits per heavy atom. The van der Waals surface area contributed by atoms with E-state index in [4.69, 9.17) is 0 Å². The second-order valence-corrected chi connectivity index (χ2v) is 6.24. The van der Waals surface area contributed by atoms with Crippen LogP contribution >= 0.6 is 0 Å². The van der Waals surface area contributed by atoms with Gasteiger partial charge in [-0.1, -0.05) is 13.8 Å². The second-order valence-electron chi connectivity index (χ2n) is 6.24. The van der Waals surface area contributed by atoms with Crippen LogP contribution in [-0.2, 0) is 9.59 Å². The summed E-state index contributed by atoms with van der Waals surface area (Å²) in [5.41, 5.74) is 0.972. The molecule has 0 saturated heterocycles. The van der Waals surface area contributed by atoms with Crippen LogP contribution in [0.15, 0.2) is 24.3 Å². The SMILES string of the molecule is CCNC(=O)c1ccc(NC(=O)C(=O)NC(C)CCC(C)C)cc1. The van der Waals surface area contributed by atoms with Gasteiger partial charge in [-0.25, -0.2) is 0 Å². The van der Waals surface area contributed by atoms with Crippen LogP contribution < -0.4 is 16.0 Å². The van der Waals surface area contributed by atoms with Crippen LogP contribution in [0, 0.1) is 5.92 Å². The van der Waals surface area contributed by atoms with E-state index in [1.807, 2.05) is 13.8 Å². The van der Waals surface area contributed by atoms with Crippen molar-refractivity contribution in [2.24, 2.45) is 5.92 Å². The van der Waals surface area contributed by atoms with Crippen molar-refractivity contribution in [3.05, 3.63) is 29.8 Å². The number of benzene rings is 1. The van der Waals surface area contributed by atoms with Crippen molar-refractivity contribution in [3.63, 3.8) is 0 Å². The highest BCUT2D eigenvalue weighted by atomic mass is 16.2. The van der Waals surface area contributed by atoms with Crippen LogP contribution in [0.5, 0.6) is 0 Å². The molecular formula is C18H27N3O3. The predicted octanol–water partition coefficient (Wildman–Crippen LogP) is 2.32. The van der Waals surface area contributed by atoms with E-state index in [2.05, 4.69) is 29.8 Å². The van der Waals surface area contributed by atoms with E-state index >= 15 is 0 Å². The monoisotopic (exact) mass is 333 g/mol. The lowest BCUT2D eigenvalue weighted by Gasteiger charge is -2.14. The van der Waals surface area contributed by atoms with Crippen molar-refractivity contribution in [2.75, 3.05) is 11.9 Å². The molecule has 0 bridgehead atoms. The van der Waals surface area contributed by atoms with E-state index in [1.165, 1.54) is 0 Å². The third kappa shape index (κ3) is 6.81. The van der Waals surface area contributed by atoms with Crippen molar-refractivity contribution in [3.8, 4) is 0 Å². The number of amides is 3. The van der Waals surface area contributed by atoms with Crippen molar-refractivity contribution < 1.29 is 14.4 Å². The van der Waals surface area contributed by atoms with Gasteiger partial charge in [-0.2, -0.15) is 0 Å². The van der Waals surface area contributed by atoms with Crippen molar-refractivity contribution in [1.82, 2.24) is 10.6 Å². The molecule has 3 N–H and O–H groups in total. The van der Waals surface area contributed by atoms with E-state index < -0.39 is 11.8 Å². The number of carbonyl (C=O) groups excluding carboxylic acids is 3. The first-order valence-electron chi connectivity index (χ1n) is 8.33. The molecule has 0 saturated carbocycles. The Kier molecular flexibility index (Phi) is 7.95. The summed E-state index contributed by atoms with van der Waals surface area (Å²) >= 11 is 0. The Morgan fingerprint density at radius 3 is 2.12 bits per heavy atom. The highest BCUT2D eigenvalue weighted by Crippen LogP contribution is 2.10. The van der Waals surface area contributed by atoms with E-state index in [-0.39, 0.29) is 11.9 Å². The molecule has 0 aliphatic rings. The Bertz CT molecular complexity index is 567. The lowest BCUT2D eigenvalue weighted by molar-refractivity contribution is -0.136. The average molecular weight is 333 g/mol. The minimum atomic E-state index is -0.711. The molecule has 1 atom stereocenters. The molecule has 0 fully saturated rings. The van der Waals surface area contributed by atoms with Gasteiger partial charge in [0.25, 0.3) is 5.91 Å². The number of anilines is 1. The maximum absolute atomic E-state index is 11.9. The lowest BCUT2D eigenvalue weighted by Crippen LogP contribution is -2.40. The van der Waals surface area contributed by atoms with Crippen LogP contribution in [0.4, 0.5) is 5.69 Å². The zero-order valence-corrected chi connectivity index (χ0v) is 14.8. The third-order valence-electron chi connectivity index (χ3n) is 3.50. The Balaban J connectivity index is 2.51. The molecule has 132 valence electrons. The van der Waals surface area contributed by atoms with Gasteiger partial charge in [0.1, 0.15) is 0 Å². The van der Waals surface area contributed by atoms with Gasteiger partial charge in [0.15, 0.2) is 0 Å². The van der Waals surface area contributed by atoms with Gasteiger partial charge in [0.05, 0.1) is 0 Å². The first-order valence-corrected chi connectivity index (χ1v) is 8.33. The van der Waals surface area contributed by atoms with E-state index in [1.54, 1.807) is 24.3 Å². The summed E-state index contributed by atoms with van der Waals surface area (Å²) in [6.07, 6.45) is 1.82. The van der Waals surface area contributed by atoms with Gasteiger partial charge in [0.2, 0.25) is 0 Å². The summed E-state index contributed by atoms with van der Waals surface area (Å²) < 4.78 is 0. The summed E-state index contributed by atoms with van der Waals surface area (Å²) in [4.78, 5) is 35.4. The standard InChI is InChI=1S/C18H27N3O3/c1-5-19-16(22)14-8-10-15(11-9-14)21-18(24)17(23)20-13(4)7-6-12(2)3/h8-13H,5-7H2,1-4H3,(H,19,22)(H,20,23)(H,21,24). The molecule has 6 heteroatoms. The molecular weight excluding hydrogens is 306 g/mol. The van der Waals surface area contributed by atoms with Crippen LogP contribution in [0.1, 0.15) is 50.9 Å². The lowest BCUT2D eigenvalue weighted by atomic mass is 10.0. The Hall–Kier alpha value is -2.37. The van der Waals surface area contributed by atoms with Gasteiger partial charge in [0, 0.05) is 23.8 Å². The maximum atomic E-state index is 11.9. The second kappa shape index (κ2) is 9.70. The maximum Gasteiger partial charge on any atom is 0.313 e. The number of carbonyl (C=O) groups is 3. The highest BCUT2D eigenvalue weighted by molar-refractivity contribution is 6.39. The molecule has 24 heavy (non-hydrogen) atoms. The fraction of sp³-hybridized carbons (Fsp3) is 0.500. The average Bonchev–Trinajstić information content (AvgIpc) is 2.53. The highest BCUT2D eigenvalue weighted by Gasteiger charge is 2.16. The van der Waals surface area contributed by atoms with Gasteiger partial charge < -0.3 is 16.0 Å².